The number of nitrogens with one attached hydrogen (secondary N) is 1. The first kappa shape index (κ1) is 24.1. The van der Waals surface area contributed by atoms with E-state index in [4.69, 9.17) is 5.73 Å². The van der Waals surface area contributed by atoms with Crippen LogP contribution in [0.25, 0.3) is 0 Å². The van der Waals surface area contributed by atoms with Gasteiger partial charge in [-0.15, -0.1) is 12.4 Å². The Hall–Kier alpha value is -1.93. The number of carbonyl (C=O) groups is 1. The average molecular weight is 426 g/mol. The minimum Gasteiger partial charge on any atom is -0.334 e. The summed E-state index contributed by atoms with van der Waals surface area (Å²) in [5, 5.41) is 0. The summed E-state index contributed by atoms with van der Waals surface area (Å²) in [5.74, 6) is -0.145. The van der Waals surface area contributed by atoms with Crippen molar-refractivity contribution < 1.29 is 13.2 Å². The number of nitrogens with zero attached hydrogens (tertiary/aromatic N) is 1. The van der Waals surface area contributed by atoms with Gasteiger partial charge < -0.3 is 10.6 Å². The van der Waals surface area contributed by atoms with E-state index < -0.39 is 10.0 Å². The molecule has 0 aliphatic heterocycles. The van der Waals surface area contributed by atoms with Crippen molar-refractivity contribution in [1.29, 1.82) is 0 Å². The van der Waals surface area contributed by atoms with Gasteiger partial charge in [-0.2, -0.15) is 0 Å². The molecule has 0 unspecified atom stereocenters. The second-order valence-corrected chi connectivity index (χ2v) is 8.37. The van der Waals surface area contributed by atoms with Crippen LogP contribution in [0, 0.1) is 0 Å². The molecule has 0 saturated heterocycles. The van der Waals surface area contributed by atoms with Gasteiger partial charge in [0.05, 0.1) is 4.90 Å². The summed E-state index contributed by atoms with van der Waals surface area (Å²) in [6, 6.07) is 15.6. The van der Waals surface area contributed by atoms with E-state index in [1.54, 1.807) is 30.9 Å². The molecule has 0 bridgehead atoms. The Kier molecular flexibility index (Phi) is 9.61. The Morgan fingerprint density at radius 1 is 1.07 bits per heavy atom. The van der Waals surface area contributed by atoms with Crippen molar-refractivity contribution in [2.75, 3.05) is 13.1 Å². The molecule has 154 valence electrons. The highest BCUT2D eigenvalue weighted by atomic mass is 35.5. The number of hydrogen-bond donors (Lipinski definition) is 2. The van der Waals surface area contributed by atoms with Gasteiger partial charge in [-0.05, 0) is 56.6 Å². The number of halogens is 1. The van der Waals surface area contributed by atoms with E-state index in [0.717, 1.165) is 5.56 Å². The van der Waals surface area contributed by atoms with Crippen LogP contribution >= 0.6 is 12.4 Å². The molecule has 6 nitrogen and oxygen atoms in total. The molecule has 0 saturated carbocycles. The second kappa shape index (κ2) is 11.2. The van der Waals surface area contributed by atoms with Gasteiger partial charge in [-0.3, -0.25) is 4.79 Å². The van der Waals surface area contributed by atoms with Crippen molar-refractivity contribution in [2.24, 2.45) is 5.73 Å². The van der Waals surface area contributed by atoms with Gasteiger partial charge >= 0.3 is 0 Å². The van der Waals surface area contributed by atoms with Gasteiger partial charge in [0.1, 0.15) is 0 Å². The van der Waals surface area contributed by atoms with Crippen LogP contribution in [-0.2, 0) is 16.6 Å². The number of carbonyl (C=O) groups excluding carboxylic acids is 1. The Balaban J connectivity index is 0.00000392. The van der Waals surface area contributed by atoms with Crippen molar-refractivity contribution in [2.45, 2.75) is 37.8 Å². The molecule has 0 aromatic heterocycles. The smallest absolute Gasteiger partial charge is 0.254 e. The van der Waals surface area contributed by atoms with Crippen molar-refractivity contribution in [3.05, 3.63) is 65.7 Å². The molecule has 8 heteroatoms. The molecule has 0 heterocycles. The predicted molar refractivity (Wildman–Crippen MR) is 114 cm³/mol. The fourth-order valence-corrected chi connectivity index (χ4v) is 3.93. The summed E-state index contributed by atoms with van der Waals surface area (Å²) in [7, 11) is -3.58. The number of hydrogen-bond acceptors (Lipinski definition) is 4. The van der Waals surface area contributed by atoms with Gasteiger partial charge in [0.25, 0.3) is 5.91 Å². The predicted octanol–water partition coefficient (Wildman–Crippen LogP) is 2.79. The molecule has 3 N–H and O–H groups in total. The van der Waals surface area contributed by atoms with E-state index >= 15 is 0 Å². The number of amides is 1. The molecule has 1 amide bonds. The zero-order valence-electron chi connectivity index (χ0n) is 16.2. The lowest BCUT2D eigenvalue weighted by atomic mass is 10.1. The highest BCUT2D eigenvalue weighted by Gasteiger charge is 2.19. The van der Waals surface area contributed by atoms with E-state index in [2.05, 4.69) is 4.72 Å². The van der Waals surface area contributed by atoms with Gasteiger partial charge in [0.2, 0.25) is 10.0 Å². The van der Waals surface area contributed by atoms with Crippen LogP contribution in [-0.4, -0.2) is 38.4 Å². The lowest BCUT2D eigenvalue weighted by molar-refractivity contribution is 0.0742. The maximum absolute atomic E-state index is 12.9. The Morgan fingerprint density at radius 2 is 1.68 bits per heavy atom. The quantitative estimate of drug-likeness (QED) is 0.646. The molecule has 0 radical (unpaired) electrons. The number of nitrogens with two attached hydrogens (primary N) is 1. The molecule has 0 spiro atoms. The van der Waals surface area contributed by atoms with Crippen LogP contribution in [0.4, 0.5) is 0 Å². The van der Waals surface area contributed by atoms with Gasteiger partial charge in [0, 0.05) is 24.7 Å². The van der Waals surface area contributed by atoms with E-state index in [1.807, 2.05) is 30.3 Å². The number of benzene rings is 2. The van der Waals surface area contributed by atoms with Crippen molar-refractivity contribution in [1.82, 2.24) is 9.62 Å². The van der Waals surface area contributed by atoms with Gasteiger partial charge in [-0.25, -0.2) is 13.1 Å². The fourth-order valence-electron chi connectivity index (χ4n) is 2.68. The van der Waals surface area contributed by atoms with Crippen LogP contribution < -0.4 is 10.5 Å². The maximum atomic E-state index is 12.9. The SMILES string of the molecule is CC(C)NS(=O)(=O)c1ccc(C(=O)N(CCCN)Cc2ccccc2)cc1.Cl. The Morgan fingerprint density at radius 3 is 2.21 bits per heavy atom. The monoisotopic (exact) mass is 425 g/mol. The fraction of sp³-hybridized carbons (Fsp3) is 0.350. The van der Waals surface area contributed by atoms with E-state index in [1.165, 1.54) is 12.1 Å². The highest BCUT2D eigenvalue weighted by molar-refractivity contribution is 7.89. The van der Waals surface area contributed by atoms with E-state index in [-0.39, 0.29) is 29.3 Å². The molecule has 28 heavy (non-hydrogen) atoms. The molecule has 0 aliphatic carbocycles. The molecule has 0 aliphatic rings. The van der Waals surface area contributed by atoms with Crippen molar-refractivity contribution in [3.63, 3.8) is 0 Å². The molecule has 2 aromatic carbocycles. The normalized spacial score (nSPS) is 11.1. The second-order valence-electron chi connectivity index (χ2n) is 6.65. The summed E-state index contributed by atoms with van der Waals surface area (Å²) < 4.78 is 27.0. The Labute approximate surface area is 173 Å². The lowest BCUT2D eigenvalue weighted by Gasteiger charge is -2.23. The molecule has 0 atom stereocenters. The molecule has 0 fully saturated rings. The lowest BCUT2D eigenvalue weighted by Crippen LogP contribution is -2.33. The van der Waals surface area contributed by atoms with Crippen LogP contribution in [0.2, 0.25) is 0 Å². The third kappa shape index (κ3) is 6.91. The molecular formula is C20H28ClN3O3S. The first-order valence-corrected chi connectivity index (χ1v) is 10.5. The topological polar surface area (TPSA) is 92.5 Å². The van der Waals surface area contributed by atoms with E-state index in [9.17, 15) is 13.2 Å². The zero-order chi connectivity index (χ0) is 19.9. The largest absolute Gasteiger partial charge is 0.334 e. The minimum absolute atomic E-state index is 0. The van der Waals surface area contributed by atoms with Crippen LogP contribution in [0.5, 0.6) is 0 Å². The van der Waals surface area contributed by atoms with Gasteiger partial charge in [0.15, 0.2) is 0 Å². The van der Waals surface area contributed by atoms with Crippen LogP contribution in [0.15, 0.2) is 59.5 Å². The molecular weight excluding hydrogens is 398 g/mol. The standard InChI is InChI=1S/C20H27N3O3S.ClH/c1-16(2)22-27(25,26)19-11-9-18(10-12-19)20(24)23(14-6-13-21)15-17-7-4-3-5-8-17;/h3-5,7-12,16,22H,6,13-15,21H2,1-2H3;1H. The minimum atomic E-state index is -3.58. The summed E-state index contributed by atoms with van der Waals surface area (Å²) in [4.78, 5) is 14.8. The first-order valence-electron chi connectivity index (χ1n) is 8.99. The molecule has 2 rings (SSSR count). The summed E-state index contributed by atoms with van der Waals surface area (Å²) in [6.07, 6.45) is 0.698. The molecule has 2 aromatic rings. The Bertz CT molecular complexity index is 841. The third-order valence-electron chi connectivity index (χ3n) is 3.94. The summed E-state index contributed by atoms with van der Waals surface area (Å²) >= 11 is 0. The van der Waals surface area contributed by atoms with Crippen molar-refractivity contribution >= 4 is 28.3 Å². The number of rotatable bonds is 9. The third-order valence-corrected chi connectivity index (χ3v) is 5.61. The van der Waals surface area contributed by atoms with E-state index in [0.29, 0.717) is 31.6 Å². The van der Waals surface area contributed by atoms with Gasteiger partial charge in [-0.1, -0.05) is 30.3 Å². The average Bonchev–Trinajstić information content (AvgIpc) is 2.64. The first-order chi connectivity index (χ1) is 12.8. The van der Waals surface area contributed by atoms with Crippen molar-refractivity contribution in [3.8, 4) is 0 Å². The number of sulfonamides is 1. The summed E-state index contributed by atoms with van der Waals surface area (Å²) in [6.45, 7) is 5.03. The van der Waals surface area contributed by atoms with Crippen LogP contribution in [0.3, 0.4) is 0 Å². The summed E-state index contributed by atoms with van der Waals surface area (Å²) in [5.41, 5.74) is 7.09. The highest BCUT2D eigenvalue weighted by Crippen LogP contribution is 2.15. The van der Waals surface area contributed by atoms with Crippen LogP contribution in [0.1, 0.15) is 36.2 Å². The maximum Gasteiger partial charge on any atom is 0.254 e. The zero-order valence-corrected chi connectivity index (χ0v) is 17.8.